The molecule has 0 unspecified atom stereocenters. The van der Waals surface area contributed by atoms with Crippen LogP contribution in [-0.2, 0) is 16.0 Å². The molecular formula is C14H17N3O2. The average Bonchev–Trinajstić information content (AvgIpc) is 2.91. The topological polar surface area (TPSA) is 67.0 Å². The lowest BCUT2D eigenvalue weighted by atomic mass is 10.1. The molecule has 0 saturated heterocycles. The summed E-state index contributed by atoms with van der Waals surface area (Å²) < 4.78 is 4.84. The van der Waals surface area contributed by atoms with Crippen LogP contribution in [0, 0.1) is 0 Å². The number of ether oxygens (including phenoxy) is 1. The third-order valence-electron chi connectivity index (χ3n) is 2.62. The summed E-state index contributed by atoms with van der Waals surface area (Å²) in [5.41, 5.74) is 2.06. The van der Waals surface area contributed by atoms with Crippen molar-refractivity contribution in [1.29, 1.82) is 0 Å². The number of aromatic amines is 1. The Morgan fingerprint density at radius 3 is 2.79 bits per heavy atom. The monoisotopic (exact) mass is 259 g/mol. The van der Waals surface area contributed by atoms with Crippen LogP contribution in [0.1, 0.15) is 18.3 Å². The highest BCUT2D eigenvalue weighted by atomic mass is 16.5. The number of benzene rings is 1. The predicted octanol–water partition coefficient (Wildman–Crippen LogP) is 1.98. The second-order valence-corrected chi connectivity index (χ2v) is 4.07. The van der Waals surface area contributed by atoms with Gasteiger partial charge >= 0.3 is 5.97 Å². The zero-order chi connectivity index (χ0) is 13.5. The molecule has 0 atom stereocenters. The lowest BCUT2D eigenvalue weighted by Gasteiger charge is -2.06. The van der Waals surface area contributed by atoms with E-state index in [2.05, 4.69) is 15.3 Å². The molecule has 2 rings (SSSR count). The fourth-order valence-electron chi connectivity index (χ4n) is 1.71. The largest absolute Gasteiger partial charge is 0.465 e. The van der Waals surface area contributed by atoms with E-state index < -0.39 is 0 Å². The smallest absolute Gasteiger partial charge is 0.325 e. The number of aromatic nitrogens is 2. The van der Waals surface area contributed by atoms with Gasteiger partial charge in [-0.15, -0.1) is 0 Å². The van der Waals surface area contributed by atoms with Crippen molar-refractivity contribution in [3.05, 3.63) is 48.0 Å². The quantitative estimate of drug-likeness (QED) is 0.778. The van der Waals surface area contributed by atoms with E-state index in [1.807, 2.05) is 30.5 Å². The number of esters is 1. The predicted molar refractivity (Wildman–Crippen MR) is 73.0 cm³/mol. The number of nitrogens with zero attached hydrogens (tertiary/aromatic N) is 1. The molecule has 5 heteroatoms. The first-order valence-electron chi connectivity index (χ1n) is 6.24. The van der Waals surface area contributed by atoms with E-state index in [4.69, 9.17) is 4.74 Å². The maximum atomic E-state index is 11.2. The molecule has 2 aromatic rings. The first kappa shape index (κ1) is 13.1. The Kier molecular flexibility index (Phi) is 4.55. The second-order valence-electron chi connectivity index (χ2n) is 4.07. The molecule has 2 N–H and O–H groups in total. The molecule has 0 spiro atoms. The Labute approximate surface area is 112 Å². The van der Waals surface area contributed by atoms with Crippen LogP contribution >= 0.6 is 0 Å². The minimum Gasteiger partial charge on any atom is -0.465 e. The summed E-state index contributed by atoms with van der Waals surface area (Å²) in [5.74, 6) is 0.689. The third kappa shape index (κ3) is 4.13. The minimum absolute atomic E-state index is 0.186. The lowest BCUT2D eigenvalue weighted by Crippen LogP contribution is -2.16. The maximum absolute atomic E-state index is 11.2. The van der Waals surface area contributed by atoms with Crippen LogP contribution in [0.4, 0.5) is 5.69 Å². The molecular weight excluding hydrogens is 242 g/mol. The van der Waals surface area contributed by atoms with E-state index in [1.165, 1.54) is 0 Å². The molecule has 1 aromatic carbocycles. The van der Waals surface area contributed by atoms with Crippen molar-refractivity contribution in [2.24, 2.45) is 0 Å². The molecule has 1 aromatic heterocycles. The van der Waals surface area contributed by atoms with Gasteiger partial charge in [0.1, 0.15) is 12.4 Å². The molecule has 0 aliphatic rings. The molecule has 0 aliphatic carbocycles. The molecule has 5 nitrogen and oxygen atoms in total. The number of carbonyl (C=O) groups is 1. The zero-order valence-corrected chi connectivity index (χ0v) is 10.8. The van der Waals surface area contributed by atoms with Crippen molar-refractivity contribution in [3.63, 3.8) is 0 Å². The summed E-state index contributed by atoms with van der Waals surface area (Å²) in [6, 6.07) is 7.90. The molecule has 0 radical (unpaired) electrons. The van der Waals surface area contributed by atoms with Gasteiger partial charge in [-0.3, -0.25) is 4.79 Å². The summed E-state index contributed by atoms with van der Waals surface area (Å²) in [5, 5.41) is 3.02. The highest BCUT2D eigenvalue weighted by Crippen LogP contribution is 2.11. The van der Waals surface area contributed by atoms with Crippen molar-refractivity contribution < 1.29 is 9.53 Å². The van der Waals surface area contributed by atoms with Gasteiger partial charge in [0.25, 0.3) is 0 Å². The van der Waals surface area contributed by atoms with Gasteiger partial charge in [0.05, 0.1) is 6.61 Å². The number of H-pyrrole nitrogens is 1. The van der Waals surface area contributed by atoms with E-state index in [9.17, 15) is 4.79 Å². The molecule has 0 amide bonds. The van der Waals surface area contributed by atoms with Gasteiger partial charge in [0, 0.05) is 24.5 Å². The van der Waals surface area contributed by atoms with Crippen LogP contribution < -0.4 is 5.32 Å². The van der Waals surface area contributed by atoms with Gasteiger partial charge in [-0.2, -0.15) is 0 Å². The zero-order valence-electron chi connectivity index (χ0n) is 10.8. The molecule has 100 valence electrons. The number of hydrogen-bond acceptors (Lipinski definition) is 4. The van der Waals surface area contributed by atoms with Gasteiger partial charge in [-0.05, 0) is 24.6 Å². The Morgan fingerprint density at radius 2 is 2.16 bits per heavy atom. The van der Waals surface area contributed by atoms with Gasteiger partial charge in [0.2, 0.25) is 0 Å². The summed E-state index contributed by atoms with van der Waals surface area (Å²) in [7, 11) is 0. The number of anilines is 1. The molecule has 0 saturated carbocycles. The summed E-state index contributed by atoms with van der Waals surface area (Å²) in [6.07, 6.45) is 4.32. The van der Waals surface area contributed by atoms with E-state index in [-0.39, 0.29) is 12.5 Å². The van der Waals surface area contributed by atoms with Crippen molar-refractivity contribution >= 4 is 11.7 Å². The standard InChI is InChI=1S/C14H17N3O2/c1-2-19-14(18)10-17-12-5-3-11(4-6-12)9-13-15-7-8-16-13/h3-8,17H,2,9-10H2,1H3,(H,15,16). The van der Waals surface area contributed by atoms with Gasteiger partial charge in [-0.25, -0.2) is 4.98 Å². The van der Waals surface area contributed by atoms with Gasteiger partial charge < -0.3 is 15.0 Å². The second kappa shape index (κ2) is 6.58. The first-order chi connectivity index (χ1) is 9.28. The van der Waals surface area contributed by atoms with Crippen molar-refractivity contribution in [2.75, 3.05) is 18.5 Å². The van der Waals surface area contributed by atoms with E-state index in [1.54, 1.807) is 13.1 Å². The Hall–Kier alpha value is -2.30. The summed E-state index contributed by atoms with van der Waals surface area (Å²) >= 11 is 0. The van der Waals surface area contributed by atoms with Crippen molar-refractivity contribution in [3.8, 4) is 0 Å². The Balaban J connectivity index is 1.86. The number of rotatable bonds is 6. The Bertz CT molecular complexity index is 506. The average molecular weight is 259 g/mol. The SMILES string of the molecule is CCOC(=O)CNc1ccc(Cc2ncc[nH]2)cc1. The molecule has 0 aliphatic heterocycles. The van der Waals surface area contributed by atoms with Crippen LogP contribution in [0.2, 0.25) is 0 Å². The maximum Gasteiger partial charge on any atom is 0.325 e. The fourth-order valence-corrected chi connectivity index (χ4v) is 1.71. The Morgan fingerprint density at radius 1 is 1.37 bits per heavy atom. The van der Waals surface area contributed by atoms with Crippen molar-refractivity contribution in [2.45, 2.75) is 13.3 Å². The van der Waals surface area contributed by atoms with Crippen LogP contribution in [0.3, 0.4) is 0 Å². The number of imidazole rings is 1. The molecule has 19 heavy (non-hydrogen) atoms. The first-order valence-corrected chi connectivity index (χ1v) is 6.24. The molecule has 1 heterocycles. The van der Waals surface area contributed by atoms with Crippen molar-refractivity contribution in [1.82, 2.24) is 9.97 Å². The van der Waals surface area contributed by atoms with Crippen LogP contribution in [0.25, 0.3) is 0 Å². The number of hydrogen-bond donors (Lipinski definition) is 2. The number of nitrogens with one attached hydrogen (secondary N) is 2. The minimum atomic E-state index is -0.248. The summed E-state index contributed by atoms with van der Waals surface area (Å²) in [4.78, 5) is 18.4. The van der Waals surface area contributed by atoms with E-state index >= 15 is 0 Å². The summed E-state index contributed by atoms with van der Waals surface area (Å²) in [6.45, 7) is 2.38. The van der Waals surface area contributed by atoms with Gasteiger partial charge in [0.15, 0.2) is 0 Å². The molecule has 0 fully saturated rings. The van der Waals surface area contributed by atoms with E-state index in [0.29, 0.717) is 6.61 Å². The third-order valence-corrected chi connectivity index (χ3v) is 2.62. The number of carbonyl (C=O) groups excluding carboxylic acids is 1. The van der Waals surface area contributed by atoms with Gasteiger partial charge in [-0.1, -0.05) is 12.1 Å². The lowest BCUT2D eigenvalue weighted by molar-refractivity contribution is -0.140. The fraction of sp³-hybridized carbons (Fsp3) is 0.286. The van der Waals surface area contributed by atoms with E-state index in [0.717, 1.165) is 23.5 Å². The van der Waals surface area contributed by atoms with Crippen LogP contribution in [0.5, 0.6) is 0 Å². The highest BCUT2D eigenvalue weighted by Gasteiger charge is 2.02. The molecule has 0 bridgehead atoms. The normalized spacial score (nSPS) is 10.2. The van der Waals surface area contributed by atoms with Crippen LogP contribution in [-0.4, -0.2) is 29.1 Å². The van der Waals surface area contributed by atoms with Crippen LogP contribution in [0.15, 0.2) is 36.7 Å². The highest BCUT2D eigenvalue weighted by molar-refractivity contribution is 5.74.